The zero-order valence-corrected chi connectivity index (χ0v) is 16.6. The van der Waals surface area contributed by atoms with Crippen LogP contribution in [-0.4, -0.2) is 51.5 Å². The second-order valence-corrected chi connectivity index (χ2v) is 8.46. The number of thiazole rings is 1. The molecule has 1 heterocycles. The van der Waals surface area contributed by atoms with Crippen molar-refractivity contribution in [3.63, 3.8) is 0 Å². The smallest absolute Gasteiger partial charge is 0.410 e. The van der Waals surface area contributed by atoms with Crippen molar-refractivity contribution in [3.05, 3.63) is 15.6 Å². The molecule has 1 N–H and O–H groups in total. The predicted molar refractivity (Wildman–Crippen MR) is 95.4 cm³/mol. The molecule has 140 valence electrons. The number of aromatic carboxylic acids is 1. The molecule has 0 saturated carbocycles. The van der Waals surface area contributed by atoms with Gasteiger partial charge in [-0.3, -0.25) is 4.79 Å². The van der Waals surface area contributed by atoms with Gasteiger partial charge in [0.15, 0.2) is 16.5 Å². The first-order valence-electron chi connectivity index (χ1n) is 8.03. The number of ketones is 1. The standard InChI is InChI=1S/C17H26N2O5S/c1-9(2)11(19(7)16(23)24-17(4,5)6)8-12(20)14-18-13(15(21)22)10(3)25-14/h9,11H,8H2,1-7H3,(H,21,22)/t11-/m1/s1. The van der Waals surface area contributed by atoms with Crippen molar-refractivity contribution < 1.29 is 24.2 Å². The molecule has 0 fully saturated rings. The summed E-state index contributed by atoms with van der Waals surface area (Å²) in [6.07, 6.45) is -0.445. The van der Waals surface area contributed by atoms with Crippen molar-refractivity contribution in [3.8, 4) is 0 Å². The molecule has 0 aliphatic rings. The molecule has 7 nitrogen and oxygen atoms in total. The fourth-order valence-corrected chi connectivity index (χ4v) is 3.13. The van der Waals surface area contributed by atoms with Crippen LogP contribution in [0.25, 0.3) is 0 Å². The van der Waals surface area contributed by atoms with Crippen molar-refractivity contribution in [1.29, 1.82) is 0 Å². The highest BCUT2D eigenvalue weighted by Gasteiger charge is 2.30. The molecule has 0 spiro atoms. The second kappa shape index (κ2) is 7.95. The second-order valence-electron chi connectivity index (χ2n) is 7.26. The Labute approximate surface area is 152 Å². The molecule has 0 radical (unpaired) electrons. The van der Waals surface area contributed by atoms with Gasteiger partial charge in [0.25, 0.3) is 0 Å². The summed E-state index contributed by atoms with van der Waals surface area (Å²) in [5.41, 5.74) is -0.727. The van der Waals surface area contributed by atoms with Gasteiger partial charge < -0.3 is 14.7 Å². The van der Waals surface area contributed by atoms with E-state index in [9.17, 15) is 14.4 Å². The fourth-order valence-electron chi connectivity index (χ4n) is 2.28. The van der Waals surface area contributed by atoms with E-state index in [2.05, 4.69) is 4.98 Å². The summed E-state index contributed by atoms with van der Waals surface area (Å²) in [4.78, 5) is 41.7. The number of carbonyl (C=O) groups is 3. The highest BCUT2D eigenvalue weighted by Crippen LogP contribution is 2.23. The topological polar surface area (TPSA) is 96.8 Å². The summed E-state index contributed by atoms with van der Waals surface area (Å²) in [6, 6.07) is -0.375. The molecule has 1 amide bonds. The number of carbonyl (C=O) groups excluding carboxylic acids is 2. The maximum absolute atomic E-state index is 12.5. The molecule has 25 heavy (non-hydrogen) atoms. The van der Waals surface area contributed by atoms with Crippen molar-refractivity contribution in [2.45, 2.75) is 59.6 Å². The van der Waals surface area contributed by atoms with Gasteiger partial charge in [0.05, 0.1) is 0 Å². The van der Waals surface area contributed by atoms with E-state index in [1.807, 2.05) is 13.8 Å². The molecule has 1 atom stereocenters. The Morgan fingerprint density at radius 3 is 2.24 bits per heavy atom. The molecular formula is C17H26N2O5S. The summed E-state index contributed by atoms with van der Waals surface area (Å²) in [6.45, 7) is 10.8. The highest BCUT2D eigenvalue weighted by molar-refractivity contribution is 7.13. The van der Waals surface area contributed by atoms with E-state index in [0.717, 1.165) is 11.3 Å². The van der Waals surface area contributed by atoms with Crippen LogP contribution in [0.5, 0.6) is 0 Å². The number of amides is 1. The maximum atomic E-state index is 12.5. The molecule has 0 bridgehead atoms. The van der Waals surface area contributed by atoms with Crippen LogP contribution in [0.3, 0.4) is 0 Å². The molecule has 1 aromatic rings. The first-order chi connectivity index (χ1) is 11.3. The Kier molecular flexibility index (Phi) is 6.70. The summed E-state index contributed by atoms with van der Waals surface area (Å²) in [5.74, 6) is -1.42. The number of aryl methyl sites for hydroxylation is 1. The van der Waals surface area contributed by atoms with Gasteiger partial charge >= 0.3 is 12.1 Å². The average Bonchev–Trinajstić information content (AvgIpc) is 2.83. The van der Waals surface area contributed by atoms with Crippen LogP contribution >= 0.6 is 11.3 Å². The summed E-state index contributed by atoms with van der Waals surface area (Å²) in [7, 11) is 1.60. The van der Waals surface area contributed by atoms with E-state index in [0.29, 0.717) is 4.88 Å². The minimum Gasteiger partial charge on any atom is -0.476 e. The lowest BCUT2D eigenvalue weighted by Crippen LogP contribution is -2.44. The number of aromatic nitrogens is 1. The normalized spacial score (nSPS) is 12.8. The van der Waals surface area contributed by atoms with Gasteiger partial charge in [-0.25, -0.2) is 14.6 Å². The van der Waals surface area contributed by atoms with Crippen LogP contribution in [0.1, 0.15) is 66.2 Å². The van der Waals surface area contributed by atoms with E-state index in [1.165, 1.54) is 4.90 Å². The number of carboxylic acid groups (broad SMARTS) is 1. The fraction of sp³-hybridized carbons (Fsp3) is 0.647. The Bertz CT molecular complexity index is 660. The molecular weight excluding hydrogens is 344 g/mol. The number of ether oxygens (including phenoxy) is 1. The Hall–Kier alpha value is -1.96. The monoisotopic (exact) mass is 370 g/mol. The first kappa shape index (κ1) is 21.1. The lowest BCUT2D eigenvalue weighted by Gasteiger charge is -2.32. The van der Waals surface area contributed by atoms with Gasteiger partial charge in [-0.1, -0.05) is 13.8 Å². The van der Waals surface area contributed by atoms with Crippen LogP contribution in [0.4, 0.5) is 4.79 Å². The quantitative estimate of drug-likeness (QED) is 0.768. The molecule has 8 heteroatoms. The van der Waals surface area contributed by atoms with Crippen LogP contribution in [0.15, 0.2) is 0 Å². The van der Waals surface area contributed by atoms with Gasteiger partial charge in [-0.15, -0.1) is 11.3 Å². The number of hydrogen-bond acceptors (Lipinski definition) is 6. The Morgan fingerprint density at radius 1 is 1.28 bits per heavy atom. The van der Waals surface area contributed by atoms with Gasteiger partial charge in [-0.2, -0.15) is 0 Å². The predicted octanol–water partition coefficient (Wildman–Crippen LogP) is 3.61. The van der Waals surface area contributed by atoms with Crippen molar-refractivity contribution in [1.82, 2.24) is 9.88 Å². The van der Waals surface area contributed by atoms with E-state index in [1.54, 1.807) is 34.7 Å². The van der Waals surface area contributed by atoms with Crippen LogP contribution < -0.4 is 0 Å². The third kappa shape index (κ3) is 5.81. The van der Waals surface area contributed by atoms with Crippen LogP contribution in [-0.2, 0) is 4.74 Å². The van der Waals surface area contributed by atoms with Crippen molar-refractivity contribution >= 4 is 29.2 Å². The minimum absolute atomic E-state index is 0.0153. The van der Waals surface area contributed by atoms with Crippen molar-refractivity contribution in [2.24, 2.45) is 5.92 Å². The molecule has 1 rings (SSSR count). The van der Waals surface area contributed by atoms with Gasteiger partial charge in [0, 0.05) is 24.4 Å². The number of nitrogens with zero attached hydrogens (tertiary/aromatic N) is 2. The molecule has 0 aliphatic heterocycles. The molecule has 0 aromatic carbocycles. The highest BCUT2D eigenvalue weighted by atomic mass is 32.1. The summed E-state index contributed by atoms with van der Waals surface area (Å²) < 4.78 is 5.36. The molecule has 1 aromatic heterocycles. The Balaban J connectivity index is 2.94. The largest absolute Gasteiger partial charge is 0.476 e. The summed E-state index contributed by atoms with van der Waals surface area (Å²) in [5, 5.41) is 9.21. The van der Waals surface area contributed by atoms with Crippen LogP contribution in [0.2, 0.25) is 0 Å². The first-order valence-corrected chi connectivity index (χ1v) is 8.85. The molecule has 0 saturated heterocycles. The SMILES string of the molecule is Cc1sc(C(=O)C[C@H](C(C)C)N(C)C(=O)OC(C)(C)C)nc1C(=O)O. The number of carboxylic acids is 1. The lowest BCUT2D eigenvalue weighted by molar-refractivity contribution is 0.0173. The Morgan fingerprint density at radius 2 is 1.84 bits per heavy atom. The number of rotatable bonds is 6. The maximum Gasteiger partial charge on any atom is 0.410 e. The molecule has 0 aliphatic carbocycles. The average molecular weight is 370 g/mol. The van der Waals surface area contributed by atoms with Crippen LogP contribution in [0, 0.1) is 12.8 Å². The van der Waals surface area contributed by atoms with Gasteiger partial charge in [0.1, 0.15) is 5.60 Å². The van der Waals surface area contributed by atoms with Gasteiger partial charge in [0.2, 0.25) is 0 Å². The minimum atomic E-state index is -1.15. The molecule has 0 unspecified atom stereocenters. The number of Topliss-reactive ketones (excluding diaryl/α,β-unsaturated/α-hetero) is 1. The lowest BCUT2D eigenvalue weighted by atomic mass is 9.97. The van der Waals surface area contributed by atoms with E-state index >= 15 is 0 Å². The van der Waals surface area contributed by atoms with Gasteiger partial charge in [-0.05, 0) is 33.6 Å². The summed E-state index contributed by atoms with van der Waals surface area (Å²) >= 11 is 1.06. The van der Waals surface area contributed by atoms with E-state index in [4.69, 9.17) is 9.84 Å². The van der Waals surface area contributed by atoms with E-state index in [-0.39, 0.29) is 34.9 Å². The third-order valence-electron chi connectivity index (χ3n) is 3.58. The van der Waals surface area contributed by atoms with Crippen molar-refractivity contribution in [2.75, 3.05) is 7.05 Å². The third-order valence-corrected chi connectivity index (χ3v) is 4.59. The number of hydrogen-bond donors (Lipinski definition) is 1. The zero-order chi connectivity index (χ0) is 19.5. The zero-order valence-electron chi connectivity index (χ0n) is 15.7. The van der Waals surface area contributed by atoms with E-state index < -0.39 is 17.7 Å².